The lowest BCUT2D eigenvalue weighted by Gasteiger charge is -2.06. The molecule has 0 saturated heterocycles. The van der Waals surface area contributed by atoms with Crippen molar-refractivity contribution >= 4 is 11.6 Å². The fourth-order valence-electron chi connectivity index (χ4n) is 1.34. The molecule has 0 spiro atoms. The zero-order valence-electron chi connectivity index (χ0n) is 9.99. The van der Waals surface area contributed by atoms with Crippen LogP contribution in [0.4, 0.5) is 11.6 Å². The summed E-state index contributed by atoms with van der Waals surface area (Å²) in [6.45, 7) is 1.76. The van der Waals surface area contributed by atoms with Gasteiger partial charge in [-0.25, -0.2) is 4.98 Å². The highest BCUT2D eigenvalue weighted by Gasteiger charge is 1.96. The number of ether oxygens (including phenoxy) is 1. The molecule has 0 bridgehead atoms. The van der Waals surface area contributed by atoms with Gasteiger partial charge in [-0.05, 0) is 19.3 Å². The number of rotatable bonds is 8. The van der Waals surface area contributed by atoms with Crippen LogP contribution in [0.25, 0.3) is 0 Å². The molecule has 5 nitrogen and oxygen atoms in total. The number of hydrogen-bond donors (Lipinski definition) is 2. The highest BCUT2D eigenvalue weighted by atomic mass is 16.5. The first-order chi connectivity index (χ1) is 7.86. The van der Waals surface area contributed by atoms with Crippen LogP contribution in [0.3, 0.4) is 0 Å². The van der Waals surface area contributed by atoms with Gasteiger partial charge in [-0.1, -0.05) is 0 Å². The number of hydrogen-bond acceptors (Lipinski definition) is 5. The third-order valence-electron chi connectivity index (χ3n) is 2.22. The Morgan fingerprint density at radius 3 is 2.75 bits per heavy atom. The molecule has 0 aliphatic carbocycles. The Bertz CT molecular complexity index is 293. The lowest BCUT2D eigenvalue weighted by Crippen LogP contribution is -2.05. The molecule has 0 atom stereocenters. The second-order valence-corrected chi connectivity index (χ2v) is 3.52. The predicted octanol–water partition coefficient (Wildman–Crippen LogP) is 1.75. The van der Waals surface area contributed by atoms with E-state index in [0.717, 1.165) is 37.6 Å². The molecule has 1 aromatic heterocycles. The Labute approximate surface area is 96.6 Å². The standard InChI is InChI=1S/C11H20N4O/c1-12-10-8-13-9-11(15-10)14-6-4-3-5-7-16-2/h8-9H,3-7H2,1-2H3,(H2,12,14,15). The van der Waals surface area contributed by atoms with E-state index >= 15 is 0 Å². The van der Waals surface area contributed by atoms with Crippen LogP contribution < -0.4 is 10.6 Å². The fraction of sp³-hybridized carbons (Fsp3) is 0.636. The summed E-state index contributed by atoms with van der Waals surface area (Å²) in [5.41, 5.74) is 0. The third-order valence-corrected chi connectivity index (χ3v) is 2.22. The van der Waals surface area contributed by atoms with Crippen molar-refractivity contribution in [3.05, 3.63) is 12.4 Å². The maximum Gasteiger partial charge on any atom is 0.146 e. The van der Waals surface area contributed by atoms with Gasteiger partial charge in [-0.15, -0.1) is 0 Å². The van der Waals surface area contributed by atoms with Crippen molar-refractivity contribution in [3.63, 3.8) is 0 Å². The first-order valence-electron chi connectivity index (χ1n) is 5.59. The Balaban J connectivity index is 2.16. The first-order valence-corrected chi connectivity index (χ1v) is 5.59. The molecule has 0 aliphatic rings. The smallest absolute Gasteiger partial charge is 0.146 e. The molecule has 1 heterocycles. The van der Waals surface area contributed by atoms with E-state index in [4.69, 9.17) is 4.74 Å². The van der Waals surface area contributed by atoms with Gasteiger partial charge in [0.1, 0.15) is 11.6 Å². The van der Waals surface area contributed by atoms with Gasteiger partial charge in [-0.2, -0.15) is 0 Å². The normalized spacial score (nSPS) is 10.1. The third kappa shape index (κ3) is 4.93. The molecule has 0 amide bonds. The summed E-state index contributed by atoms with van der Waals surface area (Å²) in [5.74, 6) is 1.60. The van der Waals surface area contributed by atoms with E-state index in [1.165, 1.54) is 6.42 Å². The van der Waals surface area contributed by atoms with Crippen LogP contribution in [-0.4, -0.2) is 37.3 Å². The molecule has 1 aromatic rings. The van der Waals surface area contributed by atoms with Gasteiger partial charge in [0.2, 0.25) is 0 Å². The highest BCUT2D eigenvalue weighted by Crippen LogP contribution is 2.06. The molecule has 5 heteroatoms. The van der Waals surface area contributed by atoms with Crippen LogP contribution in [-0.2, 0) is 4.74 Å². The van der Waals surface area contributed by atoms with Crippen molar-refractivity contribution in [1.29, 1.82) is 0 Å². The largest absolute Gasteiger partial charge is 0.385 e. The first kappa shape index (κ1) is 12.7. The average molecular weight is 224 g/mol. The van der Waals surface area contributed by atoms with Crippen molar-refractivity contribution in [1.82, 2.24) is 9.97 Å². The average Bonchev–Trinajstić information content (AvgIpc) is 2.34. The number of methoxy groups -OCH3 is 1. The summed E-state index contributed by atoms with van der Waals surface area (Å²) in [6.07, 6.45) is 6.83. The minimum atomic E-state index is 0.782. The van der Waals surface area contributed by atoms with Crippen LogP contribution in [0.5, 0.6) is 0 Å². The van der Waals surface area contributed by atoms with Crippen LogP contribution in [0.15, 0.2) is 12.4 Å². The van der Waals surface area contributed by atoms with Gasteiger partial charge in [-0.3, -0.25) is 4.98 Å². The number of aromatic nitrogens is 2. The zero-order valence-corrected chi connectivity index (χ0v) is 9.99. The van der Waals surface area contributed by atoms with E-state index in [0.29, 0.717) is 0 Å². The molecule has 1 rings (SSSR count). The van der Waals surface area contributed by atoms with Crippen LogP contribution in [0, 0.1) is 0 Å². The molecule has 90 valence electrons. The van der Waals surface area contributed by atoms with Crippen molar-refractivity contribution in [3.8, 4) is 0 Å². The van der Waals surface area contributed by atoms with E-state index in [1.54, 1.807) is 19.5 Å². The molecule has 0 aliphatic heterocycles. The minimum absolute atomic E-state index is 0.782. The Morgan fingerprint density at radius 2 is 2.00 bits per heavy atom. The molecule has 0 unspecified atom stereocenters. The van der Waals surface area contributed by atoms with Crippen LogP contribution >= 0.6 is 0 Å². The molecular formula is C11H20N4O. The van der Waals surface area contributed by atoms with Crippen LogP contribution in [0.2, 0.25) is 0 Å². The maximum absolute atomic E-state index is 4.99. The minimum Gasteiger partial charge on any atom is -0.385 e. The number of nitrogens with zero attached hydrogens (tertiary/aromatic N) is 2. The molecule has 0 fully saturated rings. The van der Waals surface area contributed by atoms with Crippen molar-refractivity contribution in [2.75, 3.05) is 37.9 Å². The van der Waals surface area contributed by atoms with E-state index in [9.17, 15) is 0 Å². The van der Waals surface area contributed by atoms with Crippen molar-refractivity contribution in [2.24, 2.45) is 0 Å². The van der Waals surface area contributed by atoms with Crippen molar-refractivity contribution in [2.45, 2.75) is 19.3 Å². The topological polar surface area (TPSA) is 59.1 Å². The molecule has 2 N–H and O–H groups in total. The van der Waals surface area contributed by atoms with Crippen molar-refractivity contribution < 1.29 is 4.74 Å². The molecule has 0 radical (unpaired) electrons. The lowest BCUT2D eigenvalue weighted by molar-refractivity contribution is 0.192. The van der Waals surface area contributed by atoms with Gasteiger partial charge < -0.3 is 15.4 Å². The Kier molecular flexibility index (Phi) is 6.25. The summed E-state index contributed by atoms with van der Waals surface area (Å²) >= 11 is 0. The van der Waals surface area contributed by atoms with E-state index in [-0.39, 0.29) is 0 Å². The predicted molar refractivity (Wildman–Crippen MR) is 65.8 cm³/mol. The van der Waals surface area contributed by atoms with Gasteiger partial charge in [0.05, 0.1) is 12.4 Å². The molecule has 16 heavy (non-hydrogen) atoms. The van der Waals surface area contributed by atoms with Crippen LogP contribution in [0.1, 0.15) is 19.3 Å². The summed E-state index contributed by atoms with van der Waals surface area (Å²) in [4.78, 5) is 8.39. The zero-order chi connectivity index (χ0) is 11.6. The number of nitrogens with one attached hydrogen (secondary N) is 2. The SMILES string of the molecule is CNc1cncc(NCCCCCOC)n1. The maximum atomic E-state index is 4.99. The quantitative estimate of drug-likeness (QED) is 0.659. The Morgan fingerprint density at radius 1 is 1.19 bits per heavy atom. The van der Waals surface area contributed by atoms with Gasteiger partial charge >= 0.3 is 0 Å². The summed E-state index contributed by atoms with van der Waals surface area (Å²) in [5, 5.41) is 6.20. The summed E-state index contributed by atoms with van der Waals surface area (Å²) in [7, 11) is 3.57. The fourth-order valence-corrected chi connectivity index (χ4v) is 1.34. The molecule has 0 aromatic carbocycles. The van der Waals surface area contributed by atoms with E-state index < -0.39 is 0 Å². The second-order valence-electron chi connectivity index (χ2n) is 3.52. The van der Waals surface area contributed by atoms with Gasteiger partial charge in [0, 0.05) is 27.3 Å². The van der Waals surface area contributed by atoms with Gasteiger partial charge in [0.15, 0.2) is 0 Å². The number of unbranched alkanes of at least 4 members (excludes halogenated alkanes) is 2. The number of anilines is 2. The summed E-state index contributed by atoms with van der Waals surface area (Å²) < 4.78 is 4.99. The highest BCUT2D eigenvalue weighted by molar-refractivity contribution is 5.40. The second kappa shape index (κ2) is 7.87. The van der Waals surface area contributed by atoms with E-state index in [1.807, 2.05) is 7.05 Å². The molecular weight excluding hydrogens is 204 g/mol. The summed E-state index contributed by atoms with van der Waals surface area (Å²) in [6, 6.07) is 0. The molecule has 0 saturated carbocycles. The Hall–Kier alpha value is -1.36. The monoisotopic (exact) mass is 224 g/mol. The van der Waals surface area contributed by atoms with E-state index in [2.05, 4.69) is 20.6 Å². The lowest BCUT2D eigenvalue weighted by atomic mass is 10.2. The van der Waals surface area contributed by atoms with Gasteiger partial charge in [0.25, 0.3) is 0 Å².